The molecule has 0 atom stereocenters. The maximum atomic E-state index is 8.56. The van der Waals surface area contributed by atoms with E-state index in [1.807, 2.05) is 0 Å². The number of rotatable bonds is 0. The second kappa shape index (κ2) is 9.52. The molecule has 0 aliphatic carbocycles. The van der Waals surface area contributed by atoms with E-state index in [4.69, 9.17) is 15.0 Å². The van der Waals surface area contributed by atoms with E-state index in [0.29, 0.717) is 0 Å². The molecule has 5 heteroatoms. The first-order chi connectivity index (χ1) is 1.73. The fourth-order valence-corrected chi connectivity index (χ4v) is 0. The van der Waals surface area contributed by atoms with Gasteiger partial charge < -0.3 is 10.2 Å². The summed E-state index contributed by atoms with van der Waals surface area (Å²) in [5.41, 5.74) is 0. The third kappa shape index (κ3) is 62.6. The maximum absolute atomic E-state index is 8.56. The Balaban J connectivity index is -0.0000000450. The van der Waals surface area contributed by atoms with Gasteiger partial charge in [0.05, 0.1) is 0 Å². The van der Waals surface area contributed by atoms with Gasteiger partial charge in [-0.25, -0.2) is 4.79 Å². The molecule has 0 fully saturated rings. The van der Waals surface area contributed by atoms with Gasteiger partial charge in [0.25, 0.3) is 0 Å². The zero-order chi connectivity index (χ0) is 3.58. The van der Waals surface area contributed by atoms with Crippen LogP contribution in [0.5, 0.6) is 0 Å². The molecule has 0 aliphatic rings. The summed E-state index contributed by atoms with van der Waals surface area (Å²) < 4.78 is 0. The van der Waals surface area contributed by atoms with Gasteiger partial charge >= 0.3 is 43.9 Å². The van der Waals surface area contributed by atoms with Crippen molar-refractivity contribution in [1.82, 2.24) is 0 Å². The Morgan fingerprint density at radius 1 is 1.33 bits per heavy atom. The van der Waals surface area contributed by atoms with E-state index in [0.717, 1.165) is 0 Å². The van der Waals surface area contributed by atoms with Crippen molar-refractivity contribution in [2.75, 3.05) is 0 Å². The van der Waals surface area contributed by atoms with Crippen molar-refractivity contribution in [1.29, 1.82) is 0 Å². The van der Waals surface area contributed by atoms with Crippen LogP contribution in [0.15, 0.2) is 0 Å². The van der Waals surface area contributed by atoms with Crippen molar-refractivity contribution in [2.45, 2.75) is 0 Å². The summed E-state index contributed by atoms with van der Waals surface area (Å²) in [6.45, 7) is 0. The van der Waals surface area contributed by atoms with Crippen LogP contribution in [0, 0.1) is 0 Å². The van der Waals surface area contributed by atoms with Gasteiger partial charge in [0, 0.05) is 21.1 Å². The zero-order valence-corrected chi connectivity index (χ0v) is 4.39. The average Bonchev–Trinajstić information content (AvgIpc) is 0.811. The molecule has 0 aromatic carbocycles. The standard InChI is InChI=1S/CH2O3.Ca.Pt.2H/c2-1(3)4;;;;/h(H2,2,3,4);;;;. The van der Waals surface area contributed by atoms with Crippen molar-refractivity contribution in [3.63, 3.8) is 0 Å². The first-order valence-corrected chi connectivity index (χ1v) is 0.651. The largest absolute Gasteiger partial charge is 0 e. The summed E-state index contributed by atoms with van der Waals surface area (Å²) >= 11 is 0. The van der Waals surface area contributed by atoms with Crippen LogP contribution in [-0.2, 0) is 21.1 Å². The predicted molar refractivity (Wildman–Crippen MR) is 19.2 cm³/mol. The number of hydrogen-bond acceptors (Lipinski definition) is 1. The Morgan fingerprint density at radius 3 is 1.33 bits per heavy atom. The van der Waals surface area contributed by atoms with Crippen LogP contribution in [0.4, 0.5) is 4.79 Å². The van der Waals surface area contributed by atoms with Gasteiger partial charge in [-0.2, -0.15) is 0 Å². The van der Waals surface area contributed by atoms with Crippen LogP contribution in [0.25, 0.3) is 0 Å². The van der Waals surface area contributed by atoms with Crippen molar-refractivity contribution in [3.05, 3.63) is 0 Å². The molecular weight excluding hydrogens is 295 g/mol. The molecule has 3 nitrogen and oxygen atoms in total. The molecule has 0 aromatic heterocycles. The first-order valence-electron chi connectivity index (χ1n) is 0.651. The fraction of sp³-hybridized carbons (Fsp3) is 0. The van der Waals surface area contributed by atoms with Crippen LogP contribution in [0.1, 0.15) is 0 Å². The second-order valence-electron chi connectivity index (χ2n) is 0.283. The molecule has 0 radical (unpaired) electrons. The molecule has 0 aromatic rings. The fourth-order valence-electron chi connectivity index (χ4n) is 0. The molecule has 38 valence electrons. The summed E-state index contributed by atoms with van der Waals surface area (Å²) in [5, 5.41) is 13.9. The van der Waals surface area contributed by atoms with Crippen LogP contribution >= 0.6 is 0 Å². The molecule has 0 heterocycles. The molecule has 0 aliphatic heterocycles. The van der Waals surface area contributed by atoms with Gasteiger partial charge in [0.2, 0.25) is 0 Å². The summed E-state index contributed by atoms with van der Waals surface area (Å²) in [4.78, 5) is 8.56. The third-order valence-corrected chi connectivity index (χ3v) is 0. The number of carbonyl (C=O) groups is 1. The molecule has 0 bridgehead atoms. The van der Waals surface area contributed by atoms with E-state index in [9.17, 15) is 0 Å². The molecule has 0 unspecified atom stereocenters. The van der Waals surface area contributed by atoms with E-state index < -0.39 is 6.16 Å². The SMILES string of the molecule is O=C(O)O.[CaH2].[Pt]. The van der Waals surface area contributed by atoms with Gasteiger partial charge in [-0.3, -0.25) is 0 Å². The summed E-state index contributed by atoms with van der Waals surface area (Å²) in [6.07, 6.45) is -1.83. The van der Waals surface area contributed by atoms with Gasteiger partial charge in [0.15, 0.2) is 0 Å². The minimum Gasteiger partial charge on any atom is 0 e. The molecular formula is CH4CaO3Pt. The van der Waals surface area contributed by atoms with Crippen molar-refractivity contribution < 1.29 is 36.1 Å². The Kier molecular flexibility index (Phi) is 24.9. The van der Waals surface area contributed by atoms with Crippen LogP contribution < -0.4 is 0 Å². The summed E-state index contributed by atoms with van der Waals surface area (Å²) in [5.74, 6) is 0. The Labute approximate surface area is 79.0 Å². The molecule has 0 rings (SSSR count). The quantitative estimate of drug-likeness (QED) is 0.582. The molecule has 6 heavy (non-hydrogen) atoms. The van der Waals surface area contributed by atoms with E-state index in [1.165, 1.54) is 0 Å². The van der Waals surface area contributed by atoms with Gasteiger partial charge in [-0.1, -0.05) is 0 Å². The van der Waals surface area contributed by atoms with E-state index >= 15 is 0 Å². The van der Waals surface area contributed by atoms with Crippen molar-refractivity contribution in [3.8, 4) is 0 Å². The van der Waals surface area contributed by atoms with Gasteiger partial charge in [0.1, 0.15) is 0 Å². The topological polar surface area (TPSA) is 57.5 Å². The van der Waals surface area contributed by atoms with E-state index in [-0.39, 0.29) is 58.8 Å². The van der Waals surface area contributed by atoms with Crippen molar-refractivity contribution in [2.24, 2.45) is 0 Å². The minimum atomic E-state index is -1.83. The number of carboxylic acid groups (broad SMARTS) is 2. The third-order valence-electron chi connectivity index (χ3n) is 0. The Morgan fingerprint density at radius 2 is 1.33 bits per heavy atom. The smallest absolute Gasteiger partial charge is 0 e. The van der Waals surface area contributed by atoms with E-state index in [2.05, 4.69) is 0 Å². The first kappa shape index (κ1) is 15.7. The van der Waals surface area contributed by atoms with Gasteiger partial charge in [-0.15, -0.1) is 0 Å². The molecule has 2 N–H and O–H groups in total. The molecule has 0 spiro atoms. The van der Waals surface area contributed by atoms with Crippen molar-refractivity contribution >= 4 is 43.9 Å². The maximum Gasteiger partial charge on any atom is 0 e. The second-order valence-corrected chi connectivity index (χ2v) is 0.283. The Bertz CT molecular complexity index is 33.8. The zero-order valence-electron chi connectivity index (χ0n) is 2.12. The average molecular weight is 299 g/mol. The van der Waals surface area contributed by atoms with Crippen LogP contribution in [0.3, 0.4) is 0 Å². The monoisotopic (exact) mass is 299 g/mol. The molecule has 0 amide bonds. The summed E-state index contributed by atoms with van der Waals surface area (Å²) in [7, 11) is 0. The molecule has 0 saturated carbocycles. The summed E-state index contributed by atoms with van der Waals surface area (Å²) in [6, 6.07) is 0. The predicted octanol–water partition coefficient (Wildman–Crippen LogP) is -0.696. The van der Waals surface area contributed by atoms with E-state index in [1.54, 1.807) is 0 Å². The minimum absolute atomic E-state index is 0. The van der Waals surface area contributed by atoms with Gasteiger partial charge in [-0.05, 0) is 0 Å². The Hall–Kier alpha value is 1.22. The van der Waals surface area contributed by atoms with Crippen LogP contribution in [-0.4, -0.2) is 54.1 Å². The van der Waals surface area contributed by atoms with Crippen LogP contribution in [0.2, 0.25) is 0 Å². The number of hydrogen-bond donors (Lipinski definition) is 2. The molecule has 0 saturated heterocycles. The normalized spacial score (nSPS) is 4.00.